The summed E-state index contributed by atoms with van der Waals surface area (Å²) in [5.41, 5.74) is 7.82. The van der Waals surface area contributed by atoms with Gasteiger partial charge in [0.2, 0.25) is 17.7 Å². The normalized spacial score (nSPS) is 23.2. The topological polar surface area (TPSA) is 132 Å². The van der Waals surface area contributed by atoms with E-state index in [1.807, 2.05) is 26.0 Å². The number of hydrogen-bond acceptors (Lipinski definition) is 6. The van der Waals surface area contributed by atoms with Crippen LogP contribution < -0.4 is 31.2 Å². The standard InChI is InChI=1S/C24H28N4O5/c1-12-7-13(2)21-16(8-12)24(23(31)27-21)17(9-14(28-24)10-20(25)29)22(30)26-18-11-15(32-3)5-6-19(18)33-4/h5-8,11,14,17,28H,9-10H2,1-4H3,(H2,25,29)(H,26,30)(H,27,31)/t14-,17-,24+/m1/s1. The number of nitrogens with two attached hydrogens (primary N) is 1. The number of fused-ring (bicyclic) bond motifs is 2. The first-order valence-corrected chi connectivity index (χ1v) is 10.7. The number of aryl methyl sites for hydroxylation is 2. The third-order valence-electron chi connectivity index (χ3n) is 6.40. The van der Waals surface area contributed by atoms with Gasteiger partial charge in [0, 0.05) is 29.8 Å². The Morgan fingerprint density at radius 1 is 1.18 bits per heavy atom. The zero-order valence-electron chi connectivity index (χ0n) is 19.1. The third kappa shape index (κ3) is 3.78. The molecular formula is C24H28N4O5. The van der Waals surface area contributed by atoms with E-state index in [0.717, 1.165) is 11.1 Å². The molecule has 9 heteroatoms. The molecule has 4 rings (SSSR count). The molecule has 2 aliphatic rings. The molecule has 2 aliphatic heterocycles. The second kappa shape index (κ2) is 8.40. The van der Waals surface area contributed by atoms with Crippen LogP contribution in [0.1, 0.15) is 29.5 Å². The maximum Gasteiger partial charge on any atom is 0.250 e. The third-order valence-corrected chi connectivity index (χ3v) is 6.40. The summed E-state index contributed by atoms with van der Waals surface area (Å²) in [6, 6.07) is 8.53. The van der Waals surface area contributed by atoms with Gasteiger partial charge in [0.25, 0.3) is 0 Å². The molecule has 3 atom stereocenters. The lowest BCUT2D eigenvalue weighted by Crippen LogP contribution is -2.52. The minimum Gasteiger partial charge on any atom is -0.497 e. The van der Waals surface area contributed by atoms with Crippen LogP contribution in [0.25, 0.3) is 0 Å². The first-order chi connectivity index (χ1) is 15.7. The lowest BCUT2D eigenvalue weighted by atomic mass is 9.78. The Hall–Kier alpha value is -3.59. The molecule has 0 radical (unpaired) electrons. The Morgan fingerprint density at radius 3 is 2.61 bits per heavy atom. The largest absolute Gasteiger partial charge is 0.497 e. The molecule has 0 aromatic heterocycles. The summed E-state index contributed by atoms with van der Waals surface area (Å²) in [7, 11) is 3.04. The molecule has 0 aliphatic carbocycles. The minimum atomic E-state index is -1.32. The molecule has 2 aromatic carbocycles. The first kappa shape index (κ1) is 22.6. The van der Waals surface area contributed by atoms with Crippen molar-refractivity contribution in [3.63, 3.8) is 0 Å². The zero-order chi connectivity index (χ0) is 23.9. The van der Waals surface area contributed by atoms with Crippen LogP contribution >= 0.6 is 0 Å². The summed E-state index contributed by atoms with van der Waals surface area (Å²) < 4.78 is 10.7. The molecule has 9 nitrogen and oxygen atoms in total. The van der Waals surface area contributed by atoms with Gasteiger partial charge in [-0.2, -0.15) is 0 Å². The SMILES string of the molecule is COc1ccc(OC)c(NC(=O)[C@H]2C[C@H](CC(N)=O)N[C@]23C(=O)Nc2c(C)cc(C)cc23)c1. The van der Waals surface area contributed by atoms with E-state index in [2.05, 4.69) is 16.0 Å². The molecule has 0 unspecified atom stereocenters. The van der Waals surface area contributed by atoms with Crippen LogP contribution in [-0.2, 0) is 19.9 Å². The lowest BCUT2D eigenvalue weighted by molar-refractivity contribution is -0.130. The summed E-state index contributed by atoms with van der Waals surface area (Å²) in [5, 5.41) is 9.15. The number of rotatable bonds is 6. The van der Waals surface area contributed by atoms with Gasteiger partial charge in [-0.1, -0.05) is 17.7 Å². The highest BCUT2D eigenvalue weighted by Gasteiger charge is 2.60. The highest BCUT2D eigenvalue weighted by molar-refractivity contribution is 6.11. The van der Waals surface area contributed by atoms with E-state index < -0.39 is 23.4 Å². The number of amides is 3. The summed E-state index contributed by atoms with van der Waals surface area (Å²) in [6.07, 6.45) is 0.280. The van der Waals surface area contributed by atoms with Crippen LogP contribution in [0, 0.1) is 19.8 Å². The van der Waals surface area contributed by atoms with Crippen molar-refractivity contribution in [1.82, 2.24) is 5.32 Å². The number of ether oxygens (including phenoxy) is 2. The fourth-order valence-electron chi connectivity index (χ4n) is 5.02. The van der Waals surface area contributed by atoms with Gasteiger partial charge in [-0.15, -0.1) is 0 Å². The molecule has 2 aromatic rings. The van der Waals surface area contributed by atoms with Crippen LogP contribution in [0.15, 0.2) is 30.3 Å². The second-order valence-electron chi connectivity index (χ2n) is 8.62. The van der Waals surface area contributed by atoms with E-state index in [1.54, 1.807) is 18.2 Å². The Labute approximate surface area is 192 Å². The average Bonchev–Trinajstić information content (AvgIpc) is 3.27. The molecule has 1 spiro atoms. The molecule has 0 bridgehead atoms. The summed E-state index contributed by atoms with van der Waals surface area (Å²) in [6.45, 7) is 3.85. The number of hydrogen-bond donors (Lipinski definition) is 4. The molecule has 0 saturated carbocycles. The van der Waals surface area contributed by atoms with Crippen molar-refractivity contribution in [1.29, 1.82) is 0 Å². The van der Waals surface area contributed by atoms with Crippen molar-refractivity contribution in [3.8, 4) is 11.5 Å². The quantitative estimate of drug-likeness (QED) is 0.530. The van der Waals surface area contributed by atoms with Gasteiger partial charge in [0.15, 0.2) is 0 Å². The molecule has 174 valence electrons. The van der Waals surface area contributed by atoms with E-state index in [1.165, 1.54) is 14.2 Å². The second-order valence-corrected chi connectivity index (χ2v) is 8.62. The Balaban J connectivity index is 1.77. The summed E-state index contributed by atoms with van der Waals surface area (Å²) in [4.78, 5) is 38.7. The Kier molecular flexibility index (Phi) is 5.75. The molecule has 33 heavy (non-hydrogen) atoms. The number of primary amides is 1. The van der Waals surface area contributed by atoms with Crippen molar-refractivity contribution in [2.24, 2.45) is 11.7 Å². The van der Waals surface area contributed by atoms with E-state index in [4.69, 9.17) is 15.2 Å². The Morgan fingerprint density at radius 2 is 1.94 bits per heavy atom. The molecule has 3 amide bonds. The van der Waals surface area contributed by atoms with Crippen LogP contribution in [0.5, 0.6) is 11.5 Å². The molecule has 1 saturated heterocycles. The van der Waals surface area contributed by atoms with Crippen LogP contribution in [0.2, 0.25) is 0 Å². The highest BCUT2D eigenvalue weighted by Crippen LogP contribution is 2.49. The molecule has 1 fully saturated rings. The van der Waals surface area contributed by atoms with Crippen molar-refractivity contribution in [2.45, 2.75) is 38.3 Å². The number of carbonyl (C=O) groups is 3. The fourth-order valence-corrected chi connectivity index (χ4v) is 5.02. The predicted molar refractivity (Wildman–Crippen MR) is 123 cm³/mol. The van der Waals surface area contributed by atoms with Gasteiger partial charge in [0.05, 0.1) is 25.8 Å². The lowest BCUT2D eigenvalue weighted by Gasteiger charge is -2.29. The molecular weight excluding hydrogens is 424 g/mol. The van der Waals surface area contributed by atoms with Gasteiger partial charge in [0.1, 0.15) is 17.0 Å². The maximum absolute atomic E-state index is 13.7. The van der Waals surface area contributed by atoms with Crippen molar-refractivity contribution >= 4 is 29.1 Å². The van der Waals surface area contributed by atoms with Gasteiger partial charge in [-0.25, -0.2) is 0 Å². The molecule has 2 heterocycles. The summed E-state index contributed by atoms with van der Waals surface area (Å²) >= 11 is 0. The fraction of sp³-hybridized carbons (Fsp3) is 0.375. The summed E-state index contributed by atoms with van der Waals surface area (Å²) in [5.74, 6) is -0.982. The van der Waals surface area contributed by atoms with Crippen molar-refractivity contribution in [3.05, 3.63) is 47.0 Å². The number of methoxy groups -OCH3 is 2. The van der Waals surface area contributed by atoms with E-state index in [-0.39, 0.29) is 24.7 Å². The van der Waals surface area contributed by atoms with E-state index in [9.17, 15) is 14.4 Å². The van der Waals surface area contributed by atoms with Gasteiger partial charge >= 0.3 is 0 Å². The number of benzene rings is 2. The first-order valence-electron chi connectivity index (χ1n) is 10.7. The van der Waals surface area contributed by atoms with Gasteiger partial charge in [-0.3, -0.25) is 19.7 Å². The molecule has 5 N–H and O–H groups in total. The van der Waals surface area contributed by atoms with Crippen LogP contribution in [0.4, 0.5) is 11.4 Å². The smallest absolute Gasteiger partial charge is 0.250 e. The average molecular weight is 453 g/mol. The van der Waals surface area contributed by atoms with Gasteiger partial charge in [-0.05, 0) is 38.0 Å². The van der Waals surface area contributed by atoms with Crippen molar-refractivity contribution < 1.29 is 23.9 Å². The minimum absolute atomic E-state index is 0.0153. The Bertz CT molecular complexity index is 1150. The van der Waals surface area contributed by atoms with Crippen LogP contribution in [-0.4, -0.2) is 38.0 Å². The monoisotopic (exact) mass is 452 g/mol. The number of nitrogens with one attached hydrogen (secondary N) is 3. The van der Waals surface area contributed by atoms with E-state index in [0.29, 0.717) is 28.4 Å². The predicted octanol–water partition coefficient (Wildman–Crippen LogP) is 1.96. The van der Waals surface area contributed by atoms with Crippen LogP contribution in [0.3, 0.4) is 0 Å². The zero-order valence-corrected chi connectivity index (χ0v) is 19.1. The highest BCUT2D eigenvalue weighted by atomic mass is 16.5. The van der Waals surface area contributed by atoms with E-state index >= 15 is 0 Å². The maximum atomic E-state index is 13.7. The van der Waals surface area contributed by atoms with Gasteiger partial charge < -0.3 is 25.8 Å². The van der Waals surface area contributed by atoms with Crippen molar-refractivity contribution in [2.75, 3.05) is 24.9 Å². The number of carbonyl (C=O) groups excluding carboxylic acids is 3. The number of anilines is 2.